The highest BCUT2D eigenvalue weighted by atomic mass is 16.5. The van der Waals surface area contributed by atoms with Gasteiger partial charge in [0.1, 0.15) is 5.75 Å². The smallest absolute Gasteiger partial charge is 0.219 e. The van der Waals surface area contributed by atoms with Crippen LogP contribution in [0.15, 0.2) is 42.5 Å². The monoisotopic (exact) mass is 185 g/mol. The second kappa shape index (κ2) is 3.79. The molecule has 0 unspecified atom stereocenters. The first kappa shape index (κ1) is 8.56. The van der Waals surface area contributed by atoms with Gasteiger partial charge in [-0.25, -0.2) is 4.98 Å². The van der Waals surface area contributed by atoms with Gasteiger partial charge >= 0.3 is 0 Å². The van der Waals surface area contributed by atoms with Crippen LogP contribution in [-0.4, -0.2) is 4.98 Å². The molecule has 1 heterocycles. The van der Waals surface area contributed by atoms with E-state index in [1.807, 2.05) is 6.07 Å². The minimum absolute atomic E-state index is 0.525. The Balaban J connectivity index is 2.16. The van der Waals surface area contributed by atoms with E-state index in [1.165, 1.54) is 0 Å². The van der Waals surface area contributed by atoms with Crippen LogP contribution in [0.25, 0.3) is 0 Å². The number of nitrogen functional groups attached to an aromatic ring is 1. The van der Waals surface area contributed by atoms with Gasteiger partial charge in [0.2, 0.25) is 5.88 Å². The minimum atomic E-state index is 0.525. The molecule has 0 amide bonds. The third-order valence-corrected chi connectivity index (χ3v) is 1.69. The summed E-state index contributed by atoms with van der Waals surface area (Å²) in [4.78, 5) is 3.92. The molecule has 0 saturated carbocycles. The first-order valence-corrected chi connectivity index (χ1v) is 4.21. The second-order valence-electron chi connectivity index (χ2n) is 2.78. The van der Waals surface area contributed by atoms with Crippen LogP contribution in [0.3, 0.4) is 0 Å². The lowest BCUT2D eigenvalue weighted by atomic mass is 10.3. The standard InChI is InChI=1S/C11H9N2O/c12-9-4-6-10(7-5-9)14-11-3-1-2-8-13-11/h1-7H,12H2. The fraction of sp³-hybridized carbons (Fsp3) is 0. The van der Waals surface area contributed by atoms with Gasteiger partial charge in [0.25, 0.3) is 0 Å². The normalized spacial score (nSPS) is 9.71. The number of pyridine rings is 1. The zero-order valence-electron chi connectivity index (χ0n) is 7.47. The number of anilines is 1. The SMILES string of the molecule is Nc1ccc(Oc2ccc[c]n2)cc1. The molecule has 0 atom stereocenters. The Morgan fingerprint density at radius 2 is 1.93 bits per heavy atom. The van der Waals surface area contributed by atoms with Crippen LogP contribution < -0.4 is 10.5 Å². The van der Waals surface area contributed by atoms with Crippen LogP contribution in [0.2, 0.25) is 0 Å². The Hall–Kier alpha value is -2.03. The van der Waals surface area contributed by atoms with E-state index in [4.69, 9.17) is 10.5 Å². The number of hydrogen-bond donors (Lipinski definition) is 1. The van der Waals surface area contributed by atoms with Crippen molar-refractivity contribution in [3.8, 4) is 11.6 Å². The maximum absolute atomic E-state index is 5.54. The predicted molar refractivity (Wildman–Crippen MR) is 54.0 cm³/mol. The van der Waals surface area contributed by atoms with Gasteiger partial charge in [0, 0.05) is 11.8 Å². The van der Waals surface area contributed by atoms with Gasteiger partial charge in [-0.2, -0.15) is 0 Å². The highest BCUT2D eigenvalue weighted by Crippen LogP contribution is 2.19. The Morgan fingerprint density at radius 3 is 2.57 bits per heavy atom. The molecule has 1 aromatic carbocycles. The summed E-state index contributed by atoms with van der Waals surface area (Å²) in [7, 11) is 0. The van der Waals surface area contributed by atoms with Gasteiger partial charge < -0.3 is 10.5 Å². The van der Waals surface area contributed by atoms with Gasteiger partial charge in [-0.1, -0.05) is 6.07 Å². The van der Waals surface area contributed by atoms with Crippen LogP contribution in [0.5, 0.6) is 11.6 Å². The molecule has 2 rings (SSSR count). The molecular weight excluding hydrogens is 176 g/mol. The molecule has 0 spiro atoms. The number of benzene rings is 1. The van der Waals surface area contributed by atoms with Crippen molar-refractivity contribution in [1.82, 2.24) is 4.98 Å². The number of nitrogens with zero attached hydrogens (tertiary/aromatic N) is 1. The highest BCUT2D eigenvalue weighted by Gasteiger charge is 1.96. The highest BCUT2D eigenvalue weighted by molar-refractivity contribution is 5.42. The van der Waals surface area contributed by atoms with Crippen molar-refractivity contribution >= 4 is 5.69 Å². The number of aromatic nitrogens is 1. The largest absolute Gasteiger partial charge is 0.439 e. The molecule has 0 aliphatic carbocycles. The van der Waals surface area contributed by atoms with Gasteiger partial charge in [0.15, 0.2) is 0 Å². The van der Waals surface area contributed by atoms with Crippen LogP contribution in [0.1, 0.15) is 0 Å². The van der Waals surface area contributed by atoms with Gasteiger partial charge in [-0.05, 0) is 30.3 Å². The summed E-state index contributed by atoms with van der Waals surface area (Å²) >= 11 is 0. The van der Waals surface area contributed by atoms with Crippen molar-refractivity contribution in [2.75, 3.05) is 5.73 Å². The molecule has 0 bridgehead atoms. The number of hydrogen-bond acceptors (Lipinski definition) is 3. The van der Waals surface area contributed by atoms with Crippen molar-refractivity contribution in [1.29, 1.82) is 0 Å². The van der Waals surface area contributed by atoms with Gasteiger partial charge in [-0.3, -0.25) is 0 Å². The van der Waals surface area contributed by atoms with E-state index < -0.39 is 0 Å². The number of ether oxygens (including phenoxy) is 1. The Labute approximate surface area is 82.2 Å². The lowest BCUT2D eigenvalue weighted by Gasteiger charge is -2.03. The number of rotatable bonds is 2. The summed E-state index contributed by atoms with van der Waals surface area (Å²) in [6, 6.07) is 12.5. The molecule has 14 heavy (non-hydrogen) atoms. The Kier molecular flexibility index (Phi) is 2.32. The van der Waals surface area contributed by atoms with Crippen molar-refractivity contribution < 1.29 is 4.74 Å². The van der Waals surface area contributed by atoms with Crippen molar-refractivity contribution in [2.24, 2.45) is 0 Å². The fourth-order valence-electron chi connectivity index (χ4n) is 1.03. The summed E-state index contributed by atoms with van der Waals surface area (Å²) in [5, 5.41) is 0. The van der Waals surface area contributed by atoms with E-state index in [0.29, 0.717) is 17.3 Å². The summed E-state index contributed by atoms with van der Waals surface area (Å²) in [6.45, 7) is 0. The van der Waals surface area contributed by atoms with Gasteiger partial charge in [0.05, 0.1) is 6.20 Å². The van der Waals surface area contributed by atoms with E-state index in [2.05, 4.69) is 11.2 Å². The summed E-state index contributed by atoms with van der Waals surface area (Å²) in [5.41, 5.74) is 6.26. The molecule has 3 nitrogen and oxygen atoms in total. The molecule has 0 saturated heterocycles. The average Bonchev–Trinajstić information content (AvgIpc) is 2.23. The molecule has 0 fully saturated rings. The third kappa shape index (κ3) is 2.01. The van der Waals surface area contributed by atoms with Crippen LogP contribution >= 0.6 is 0 Å². The van der Waals surface area contributed by atoms with Crippen molar-refractivity contribution in [3.63, 3.8) is 0 Å². The lowest BCUT2D eigenvalue weighted by molar-refractivity contribution is 0.462. The fourth-order valence-corrected chi connectivity index (χ4v) is 1.03. The lowest BCUT2D eigenvalue weighted by Crippen LogP contribution is -1.88. The second-order valence-corrected chi connectivity index (χ2v) is 2.78. The molecule has 1 aromatic heterocycles. The summed E-state index contributed by atoms with van der Waals surface area (Å²) in [6.07, 6.45) is 2.69. The van der Waals surface area contributed by atoms with E-state index in [-0.39, 0.29) is 0 Å². The summed E-state index contributed by atoms with van der Waals surface area (Å²) < 4.78 is 5.44. The first-order valence-electron chi connectivity index (χ1n) is 4.21. The van der Waals surface area contributed by atoms with Gasteiger partial charge in [-0.15, -0.1) is 0 Å². The predicted octanol–water partition coefficient (Wildman–Crippen LogP) is 2.26. The Bertz CT molecular complexity index is 397. The van der Waals surface area contributed by atoms with E-state index in [9.17, 15) is 0 Å². The van der Waals surface area contributed by atoms with Crippen LogP contribution in [0, 0.1) is 6.20 Å². The van der Waals surface area contributed by atoms with Crippen molar-refractivity contribution in [3.05, 3.63) is 48.7 Å². The molecule has 0 aliphatic heterocycles. The minimum Gasteiger partial charge on any atom is -0.439 e. The molecule has 2 aromatic rings. The zero-order chi connectivity index (χ0) is 9.80. The first-order chi connectivity index (χ1) is 6.84. The maximum Gasteiger partial charge on any atom is 0.219 e. The molecule has 69 valence electrons. The maximum atomic E-state index is 5.54. The average molecular weight is 185 g/mol. The molecular formula is C11H9N2O. The van der Waals surface area contributed by atoms with Crippen molar-refractivity contribution in [2.45, 2.75) is 0 Å². The van der Waals surface area contributed by atoms with Crippen LogP contribution in [-0.2, 0) is 0 Å². The summed E-state index contributed by atoms with van der Waals surface area (Å²) in [5.74, 6) is 1.24. The molecule has 0 aliphatic rings. The van der Waals surface area contributed by atoms with Crippen LogP contribution in [0.4, 0.5) is 5.69 Å². The van der Waals surface area contributed by atoms with E-state index in [0.717, 1.165) is 0 Å². The zero-order valence-corrected chi connectivity index (χ0v) is 7.47. The van der Waals surface area contributed by atoms with E-state index >= 15 is 0 Å². The third-order valence-electron chi connectivity index (χ3n) is 1.69. The quantitative estimate of drug-likeness (QED) is 0.730. The topological polar surface area (TPSA) is 48.1 Å². The molecule has 2 N–H and O–H groups in total. The molecule has 3 heteroatoms. The number of nitrogens with two attached hydrogens (primary N) is 1. The van der Waals surface area contributed by atoms with E-state index in [1.54, 1.807) is 36.4 Å². The Morgan fingerprint density at radius 1 is 1.14 bits per heavy atom. The molecule has 1 radical (unpaired) electrons.